The Labute approximate surface area is 127 Å². The molecule has 0 bridgehead atoms. The van der Waals surface area contributed by atoms with Crippen molar-refractivity contribution in [1.29, 1.82) is 0 Å². The summed E-state index contributed by atoms with van der Waals surface area (Å²) in [5.74, 6) is 0.841. The van der Waals surface area contributed by atoms with Gasteiger partial charge in [0, 0.05) is 5.88 Å². The van der Waals surface area contributed by atoms with Crippen LogP contribution < -0.4 is 0 Å². The predicted octanol–water partition coefficient (Wildman–Crippen LogP) is 7.26. The lowest BCUT2D eigenvalue weighted by molar-refractivity contribution is 0.536. The number of rotatable bonds is 16. The van der Waals surface area contributed by atoms with E-state index in [9.17, 15) is 0 Å². The van der Waals surface area contributed by atoms with Gasteiger partial charge in [-0.3, -0.25) is 0 Å². The molecule has 0 saturated heterocycles. The Balaban J connectivity index is 2.89. The van der Waals surface area contributed by atoms with Crippen LogP contribution in [0.2, 0.25) is 0 Å². The van der Waals surface area contributed by atoms with Crippen LogP contribution >= 0.6 is 11.6 Å². The second kappa shape index (κ2) is 18.0. The lowest BCUT2D eigenvalue weighted by Crippen LogP contribution is -1.83. The second-order valence-corrected chi connectivity index (χ2v) is 6.09. The fourth-order valence-corrected chi connectivity index (χ4v) is 2.69. The Bertz CT molecular complexity index is 165. The minimum atomic E-state index is 0.841. The molecule has 0 nitrogen and oxygen atoms in total. The van der Waals surface area contributed by atoms with Gasteiger partial charge in [-0.15, -0.1) is 18.2 Å². The Morgan fingerprint density at radius 3 is 1.16 bits per heavy atom. The van der Waals surface area contributed by atoms with Gasteiger partial charge in [-0.05, 0) is 19.3 Å². The van der Waals surface area contributed by atoms with Crippen LogP contribution in [-0.2, 0) is 0 Å². The van der Waals surface area contributed by atoms with Crippen LogP contribution in [0, 0.1) is 0 Å². The number of unbranched alkanes of at least 4 members (excludes halogenated alkanes) is 14. The molecule has 0 heterocycles. The van der Waals surface area contributed by atoms with Crippen molar-refractivity contribution in [3.05, 3.63) is 12.7 Å². The quantitative estimate of drug-likeness (QED) is 0.159. The predicted molar refractivity (Wildman–Crippen MR) is 90.2 cm³/mol. The molecule has 1 heteroatoms. The highest BCUT2D eigenvalue weighted by molar-refractivity contribution is 6.17. The summed E-state index contributed by atoms with van der Waals surface area (Å²) in [7, 11) is 0. The smallest absolute Gasteiger partial charge is 0.0223 e. The topological polar surface area (TPSA) is 0 Å². The summed E-state index contributed by atoms with van der Waals surface area (Å²) in [5.41, 5.74) is 0. The molecule has 0 aromatic heterocycles. The normalized spacial score (nSPS) is 10.8. The Kier molecular flexibility index (Phi) is 18.1. The summed E-state index contributed by atoms with van der Waals surface area (Å²) in [6.45, 7) is 3.76. The summed E-state index contributed by atoms with van der Waals surface area (Å²) in [4.78, 5) is 0. The molecule has 0 aromatic carbocycles. The molecule has 0 atom stereocenters. The van der Waals surface area contributed by atoms with Crippen LogP contribution in [0.4, 0.5) is 0 Å². The van der Waals surface area contributed by atoms with Crippen LogP contribution in [0.3, 0.4) is 0 Å². The third-order valence-electron chi connectivity index (χ3n) is 3.79. The monoisotopic (exact) mass is 286 g/mol. The zero-order chi connectivity index (χ0) is 14.0. The van der Waals surface area contributed by atoms with E-state index in [0.29, 0.717) is 0 Å². The fourth-order valence-electron chi connectivity index (χ4n) is 2.50. The SMILES string of the molecule is C=CCCCCCCCCCCCCCCCCCl. The van der Waals surface area contributed by atoms with E-state index in [-0.39, 0.29) is 0 Å². The molecule has 19 heavy (non-hydrogen) atoms. The summed E-state index contributed by atoms with van der Waals surface area (Å²) in [6.07, 6.45) is 22.9. The van der Waals surface area contributed by atoms with E-state index >= 15 is 0 Å². The second-order valence-electron chi connectivity index (χ2n) is 5.72. The first-order chi connectivity index (χ1) is 9.41. The molecule has 0 aromatic rings. The van der Waals surface area contributed by atoms with Gasteiger partial charge < -0.3 is 0 Å². The van der Waals surface area contributed by atoms with E-state index in [2.05, 4.69) is 6.58 Å². The maximum atomic E-state index is 5.66. The molecule has 0 aliphatic heterocycles. The minimum Gasteiger partial charge on any atom is -0.127 e. The van der Waals surface area contributed by atoms with E-state index in [1.165, 1.54) is 96.3 Å². The van der Waals surface area contributed by atoms with Gasteiger partial charge in [-0.1, -0.05) is 83.1 Å². The molecule has 0 aliphatic carbocycles. The zero-order valence-corrected chi connectivity index (χ0v) is 13.7. The van der Waals surface area contributed by atoms with Crippen molar-refractivity contribution < 1.29 is 0 Å². The molecule has 0 radical (unpaired) electrons. The number of hydrogen-bond acceptors (Lipinski definition) is 0. The van der Waals surface area contributed by atoms with Gasteiger partial charge in [0.2, 0.25) is 0 Å². The molecule has 0 N–H and O–H groups in total. The summed E-state index contributed by atoms with van der Waals surface area (Å²) in [5, 5.41) is 0. The average Bonchev–Trinajstić information content (AvgIpc) is 2.43. The molecule has 0 unspecified atom stereocenters. The van der Waals surface area contributed by atoms with E-state index in [1.54, 1.807) is 0 Å². The standard InChI is InChI=1S/C18H35Cl/c1-2-3-4-5-6-7-8-9-10-11-12-13-14-15-16-17-18-19/h2H,1,3-18H2. The summed E-state index contributed by atoms with van der Waals surface area (Å²) < 4.78 is 0. The van der Waals surface area contributed by atoms with Crippen LogP contribution in [0.5, 0.6) is 0 Å². The van der Waals surface area contributed by atoms with Crippen molar-refractivity contribution in [1.82, 2.24) is 0 Å². The largest absolute Gasteiger partial charge is 0.127 e. The van der Waals surface area contributed by atoms with Crippen LogP contribution in [0.25, 0.3) is 0 Å². The zero-order valence-electron chi connectivity index (χ0n) is 13.0. The van der Waals surface area contributed by atoms with Gasteiger partial charge in [0.05, 0.1) is 0 Å². The highest BCUT2D eigenvalue weighted by Gasteiger charge is 1.93. The number of hydrogen-bond donors (Lipinski definition) is 0. The Hall–Kier alpha value is 0.0300. The first-order valence-corrected chi connectivity index (χ1v) is 9.12. The average molecular weight is 287 g/mol. The van der Waals surface area contributed by atoms with Gasteiger partial charge >= 0.3 is 0 Å². The van der Waals surface area contributed by atoms with Crippen molar-refractivity contribution >= 4 is 11.6 Å². The Morgan fingerprint density at radius 1 is 0.526 bits per heavy atom. The van der Waals surface area contributed by atoms with Gasteiger partial charge in [0.1, 0.15) is 0 Å². The van der Waals surface area contributed by atoms with Crippen LogP contribution in [0.15, 0.2) is 12.7 Å². The Morgan fingerprint density at radius 2 is 0.842 bits per heavy atom. The summed E-state index contributed by atoms with van der Waals surface area (Å²) in [6, 6.07) is 0. The lowest BCUT2D eigenvalue weighted by Gasteiger charge is -2.02. The number of alkyl halides is 1. The highest BCUT2D eigenvalue weighted by atomic mass is 35.5. The molecular formula is C18H35Cl. The van der Waals surface area contributed by atoms with Crippen molar-refractivity contribution in [3.8, 4) is 0 Å². The first-order valence-electron chi connectivity index (χ1n) is 8.58. The summed E-state index contributed by atoms with van der Waals surface area (Å²) >= 11 is 5.66. The third kappa shape index (κ3) is 18.0. The van der Waals surface area contributed by atoms with Gasteiger partial charge in [0.25, 0.3) is 0 Å². The number of allylic oxidation sites excluding steroid dienone is 1. The van der Waals surface area contributed by atoms with E-state index in [4.69, 9.17) is 11.6 Å². The van der Waals surface area contributed by atoms with Crippen molar-refractivity contribution in [2.45, 2.75) is 96.3 Å². The van der Waals surface area contributed by atoms with E-state index in [1.807, 2.05) is 6.08 Å². The molecular weight excluding hydrogens is 252 g/mol. The maximum absolute atomic E-state index is 5.66. The molecule has 0 aliphatic rings. The van der Waals surface area contributed by atoms with Gasteiger partial charge in [-0.2, -0.15) is 0 Å². The molecule has 0 spiro atoms. The molecule has 0 amide bonds. The van der Waals surface area contributed by atoms with Gasteiger partial charge in [0.15, 0.2) is 0 Å². The molecule has 0 fully saturated rings. The first kappa shape index (κ1) is 19.0. The number of halogens is 1. The highest BCUT2D eigenvalue weighted by Crippen LogP contribution is 2.13. The molecule has 114 valence electrons. The third-order valence-corrected chi connectivity index (χ3v) is 4.06. The van der Waals surface area contributed by atoms with Crippen LogP contribution in [-0.4, -0.2) is 5.88 Å². The van der Waals surface area contributed by atoms with Crippen molar-refractivity contribution in [3.63, 3.8) is 0 Å². The van der Waals surface area contributed by atoms with E-state index < -0.39 is 0 Å². The fraction of sp³-hybridized carbons (Fsp3) is 0.889. The molecule has 0 saturated carbocycles. The lowest BCUT2D eigenvalue weighted by atomic mass is 10.0. The van der Waals surface area contributed by atoms with E-state index in [0.717, 1.165) is 5.88 Å². The van der Waals surface area contributed by atoms with Crippen LogP contribution in [0.1, 0.15) is 96.3 Å². The maximum Gasteiger partial charge on any atom is 0.0223 e. The van der Waals surface area contributed by atoms with Gasteiger partial charge in [-0.25, -0.2) is 0 Å². The van der Waals surface area contributed by atoms with Crippen molar-refractivity contribution in [2.75, 3.05) is 5.88 Å². The molecule has 0 rings (SSSR count). The minimum absolute atomic E-state index is 0.841. The van der Waals surface area contributed by atoms with Crippen molar-refractivity contribution in [2.24, 2.45) is 0 Å².